The molecule has 206 valence electrons. The second-order valence-electron chi connectivity index (χ2n) is 9.88. The number of esters is 1. The third-order valence-electron chi connectivity index (χ3n) is 7.09. The maximum absolute atomic E-state index is 14.0. The van der Waals surface area contributed by atoms with E-state index in [4.69, 9.17) is 4.74 Å². The first-order valence-corrected chi connectivity index (χ1v) is 14.7. The number of nitrogens with one attached hydrogen (secondary N) is 2. The van der Waals surface area contributed by atoms with Gasteiger partial charge in [0.05, 0.1) is 23.1 Å². The van der Waals surface area contributed by atoms with Gasteiger partial charge < -0.3 is 15.0 Å². The zero-order chi connectivity index (χ0) is 28.0. The Bertz CT molecular complexity index is 1410. The molecule has 9 nitrogen and oxygen atoms in total. The van der Waals surface area contributed by atoms with Crippen molar-refractivity contribution >= 4 is 21.9 Å². The molecule has 39 heavy (non-hydrogen) atoms. The summed E-state index contributed by atoms with van der Waals surface area (Å²) in [6, 6.07) is 11.8. The number of ether oxygens (including phenoxy) is 1. The fourth-order valence-electron chi connectivity index (χ4n) is 5.03. The van der Waals surface area contributed by atoms with Gasteiger partial charge in [-0.15, -0.1) is 0 Å². The number of rotatable bonds is 8. The molecule has 4 rings (SSSR count). The largest absolute Gasteiger partial charge is 0.464 e. The van der Waals surface area contributed by atoms with E-state index in [-0.39, 0.29) is 24.5 Å². The predicted molar refractivity (Wildman–Crippen MR) is 146 cm³/mol. The highest BCUT2D eigenvalue weighted by Gasteiger charge is 2.38. The topological polar surface area (TPSA) is 129 Å². The third-order valence-corrected chi connectivity index (χ3v) is 8.56. The Morgan fingerprint density at radius 3 is 2.69 bits per heavy atom. The highest BCUT2D eigenvalue weighted by atomic mass is 32.2. The van der Waals surface area contributed by atoms with Crippen molar-refractivity contribution < 1.29 is 22.7 Å². The van der Waals surface area contributed by atoms with Crippen LogP contribution in [0.3, 0.4) is 0 Å². The van der Waals surface area contributed by atoms with E-state index in [9.17, 15) is 23.3 Å². The van der Waals surface area contributed by atoms with E-state index >= 15 is 0 Å². The Morgan fingerprint density at radius 2 is 1.95 bits per heavy atom. The second kappa shape index (κ2) is 12.6. The SMILES string of the molecule is CCOC(=O)[C@H]1CC(C)=CCN1C(=O)[C@H](Cc1cccc(C#N)c1)NS(=O)(=O)c1ccc2c(c1)CCNCC2. The molecule has 0 saturated carbocycles. The molecule has 2 N–H and O–H groups in total. The standard InChI is InChI=1S/C29H34N4O5S/c1-3-38-29(35)27-15-20(2)11-14-33(27)28(34)26(17-21-5-4-6-22(16-21)19-30)32-39(36,37)25-8-7-23-9-12-31-13-10-24(23)18-25/h4-8,11,16,18,26-27,31-32H,3,9-10,12-15,17H2,1-2H3/t26-,27+/m0/s1. The summed E-state index contributed by atoms with van der Waals surface area (Å²) in [7, 11) is -4.10. The number of carbonyl (C=O) groups is 2. The number of sulfonamides is 1. The fourth-order valence-corrected chi connectivity index (χ4v) is 6.27. The molecule has 2 aromatic rings. The predicted octanol–water partition coefficient (Wildman–Crippen LogP) is 2.25. The van der Waals surface area contributed by atoms with Gasteiger partial charge in [-0.05, 0) is 93.6 Å². The van der Waals surface area contributed by atoms with Crippen LogP contribution >= 0.6 is 0 Å². The molecule has 0 spiro atoms. The molecule has 0 fully saturated rings. The van der Waals surface area contributed by atoms with Crippen molar-refractivity contribution in [3.63, 3.8) is 0 Å². The maximum atomic E-state index is 14.0. The molecule has 0 unspecified atom stereocenters. The number of benzene rings is 2. The Morgan fingerprint density at radius 1 is 1.18 bits per heavy atom. The molecule has 0 bridgehead atoms. The first-order chi connectivity index (χ1) is 18.7. The fraction of sp³-hybridized carbons (Fsp3) is 0.414. The van der Waals surface area contributed by atoms with E-state index < -0.39 is 34.0 Å². The molecule has 2 aliphatic rings. The highest BCUT2D eigenvalue weighted by Crippen LogP contribution is 2.23. The lowest BCUT2D eigenvalue weighted by Crippen LogP contribution is -2.56. The molecule has 0 saturated heterocycles. The Labute approximate surface area is 229 Å². The number of nitriles is 1. The lowest BCUT2D eigenvalue weighted by atomic mass is 9.98. The lowest BCUT2D eigenvalue weighted by molar-refractivity contribution is -0.155. The van der Waals surface area contributed by atoms with E-state index in [0.717, 1.165) is 36.2 Å². The Hall–Kier alpha value is -3.52. The van der Waals surface area contributed by atoms with E-state index in [1.165, 1.54) is 4.90 Å². The normalized spacial score (nSPS) is 18.2. The van der Waals surface area contributed by atoms with E-state index in [1.807, 2.05) is 19.1 Å². The molecule has 2 heterocycles. The van der Waals surface area contributed by atoms with E-state index in [2.05, 4.69) is 16.1 Å². The summed E-state index contributed by atoms with van der Waals surface area (Å²) in [6.45, 7) is 5.51. The van der Waals surface area contributed by atoms with Gasteiger partial charge in [-0.25, -0.2) is 13.2 Å². The molecule has 2 aliphatic heterocycles. The van der Waals surface area contributed by atoms with Crippen molar-refractivity contribution in [1.82, 2.24) is 14.9 Å². The van der Waals surface area contributed by atoms with Crippen LogP contribution < -0.4 is 10.0 Å². The number of hydrogen-bond donors (Lipinski definition) is 2. The molecule has 0 aromatic heterocycles. The zero-order valence-electron chi connectivity index (χ0n) is 22.3. The number of carbonyl (C=O) groups excluding carboxylic acids is 2. The van der Waals surface area contributed by atoms with Gasteiger partial charge in [0.1, 0.15) is 12.1 Å². The van der Waals surface area contributed by atoms with Gasteiger partial charge >= 0.3 is 5.97 Å². The minimum absolute atomic E-state index is 0.0111. The quantitative estimate of drug-likeness (QED) is 0.381. The molecular formula is C29H34N4O5S. The summed E-state index contributed by atoms with van der Waals surface area (Å²) in [6.07, 6.45) is 3.71. The first-order valence-electron chi connectivity index (χ1n) is 13.2. The number of hydrogen-bond acceptors (Lipinski definition) is 7. The minimum atomic E-state index is -4.10. The maximum Gasteiger partial charge on any atom is 0.329 e. The van der Waals surface area contributed by atoms with Crippen molar-refractivity contribution in [2.45, 2.75) is 56.5 Å². The summed E-state index contributed by atoms with van der Waals surface area (Å²) in [4.78, 5) is 28.2. The van der Waals surface area contributed by atoms with Gasteiger partial charge in [0.25, 0.3) is 0 Å². The summed E-state index contributed by atoms with van der Waals surface area (Å²) in [5.41, 5.74) is 4.05. The van der Waals surface area contributed by atoms with Crippen LogP contribution in [0.1, 0.15) is 42.5 Å². The van der Waals surface area contributed by atoms with Crippen molar-refractivity contribution in [3.05, 3.63) is 76.4 Å². The lowest BCUT2D eigenvalue weighted by Gasteiger charge is -2.35. The van der Waals surface area contributed by atoms with Crippen molar-refractivity contribution in [2.24, 2.45) is 0 Å². The van der Waals surface area contributed by atoms with Crippen molar-refractivity contribution in [3.8, 4) is 6.07 Å². The van der Waals surface area contributed by atoms with Crippen molar-refractivity contribution in [1.29, 1.82) is 5.26 Å². The number of fused-ring (bicyclic) bond motifs is 1. The third kappa shape index (κ3) is 6.92. The Balaban J connectivity index is 1.68. The van der Waals surface area contributed by atoms with Crippen LogP contribution in [0.2, 0.25) is 0 Å². The van der Waals surface area contributed by atoms with Gasteiger partial charge in [-0.3, -0.25) is 4.79 Å². The number of amides is 1. The van der Waals surface area contributed by atoms with E-state index in [0.29, 0.717) is 24.0 Å². The zero-order valence-corrected chi connectivity index (χ0v) is 23.1. The minimum Gasteiger partial charge on any atom is -0.464 e. The molecular weight excluding hydrogens is 516 g/mol. The molecule has 2 atom stereocenters. The van der Waals surface area contributed by atoms with E-state index in [1.54, 1.807) is 43.3 Å². The number of nitrogens with zero attached hydrogens (tertiary/aromatic N) is 2. The highest BCUT2D eigenvalue weighted by molar-refractivity contribution is 7.89. The van der Waals surface area contributed by atoms with Crippen LogP contribution in [0, 0.1) is 11.3 Å². The average Bonchev–Trinajstić information content (AvgIpc) is 3.17. The summed E-state index contributed by atoms with van der Waals surface area (Å²) >= 11 is 0. The average molecular weight is 551 g/mol. The van der Waals surface area contributed by atoms with Crippen LogP contribution in [-0.4, -0.2) is 63.5 Å². The van der Waals surface area contributed by atoms with Gasteiger partial charge in [0.15, 0.2) is 0 Å². The summed E-state index contributed by atoms with van der Waals surface area (Å²) in [5.74, 6) is -1.05. The first kappa shape index (κ1) is 28.5. The van der Waals surface area contributed by atoms with Gasteiger partial charge in [-0.1, -0.05) is 29.8 Å². The van der Waals surface area contributed by atoms with Crippen LogP contribution in [-0.2, 0) is 43.6 Å². The summed E-state index contributed by atoms with van der Waals surface area (Å²) in [5, 5.41) is 12.7. The summed E-state index contributed by atoms with van der Waals surface area (Å²) < 4.78 is 35.1. The monoisotopic (exact) mass is 550 g/mol. The molecule has 2 aromatic carbocycles. The molecule has 0 radical (unpaired) electrons. The molecule has 0 aliphatic carbocycles. The van der Waals surface area contributed by atoms with Crippen LogP contribution in [0.25, 0.3) is 0 Å². The van der Waals surface area contributed by atoms with Gasteiger partial charge in [-0.2, -0.15) is 9.98 Å². The second-order valence-corrected chi connectivity index (χ2v) is 11.6. The van der Waals surface area contributed by atoms with Crippen molar-refractivity contribution in [2.75, 3.05) is 26.2 Å². The van der Waals surface area contributed by atoms with Gasteiger partial charge in [0, 0.05) is 6.54 Å². The van der Waals surface area contributed by atoms with Gasteiger partial charge in [0.2, 0.25) is 15.9 Å². The van der Waals surface area contributed by atoms with Crippen LogP contribution in [0.15, 0.2) is 59.0 Å². The Kier molecular flexibility index (Phi) is 9.17. The van der Waals surface area contributed by atoms with Crippen LogP contribution in [0.4, 0.5) is 0 Å². The molecule has 1 amide bonds. The smallest absolute Gasteiger partial charge is 0.329 e. The van der Waals surface area contributed by atoms with Crippen LogP contribution in [0.5, 0.6) is 0 Å². The molecule has 10 heteroatoms.